The molecule has 0 aliphatic carbocycles. The molecule has 0 bridgehead atoms. The molecule has 3 heteroatoms. The van der Waals surface area contributed by atoms with E-state index in [1.165, 1.54) is 11.1 Å². The zero-order chi connectivity index (χ0) is 17.2. The Labute approximate surface area is 137 Å². The zero-order valence-corrected chi connectivity index (χ0v) is 15.5. The monoisotopic (exact) mass is 310 g/mol. The lowest BCUT2D eigenvalue weighted by Crippen LogP contribution is -2.25. The molecule has 3 nitrogen and oxygen atoms in total. The maximum Gasteiger partial charge on any atom is 0.177 e. The molecular weight excluding hydrogens is 276 g/mol. The van der Waals surface area contributed by atoms with E-state index in [0.717, 1.165) is 18.6 Å². The molecule has 0 N–H and O–H groups in total. The molecule has 0 aromatic carbocycles. The Morgan fingerprint density at radius 2 is 1.77 bits per heavy atom. The van der Waals surface area contributed by atoms with Gasteiger partial charge in [0.15, 0.2) is 6.29 Å². The van der Waals surface area contributed by atoms with Gasteiger partial charge in [-0.25, -0.2) is 0 Å². The fourth-order valence-corrected chi connectivity index (χ4v) is 2.07. The van der Waals surface area contributed by atoms with Gasteiger partial charge in [0.05, 0.1) is 12.4 Å². The Morgan fingerprint density at radius 3 is 2.27 bits per heavy atom. The van der Waals surface area contributed by atoms with Crippen LogP contribution in [0, 0.1) is 0 Å². The molecule has 0 saturated heterocycles. The molecule has 1 atom stereocenters. The Morgan fingerprint density at radius 1 is 1.14 bits per heavy atom. The zero-order valence-electron chi connectivity index (χ0n) is 15.5. The molecule has 0 aliphatic rings. The second-order valence-corrected chi connectivity index (χ2v) is 6.21. The molecule has 0 rings (SSSR count). The number of hydrogen-bond donors (Lipinski definition) is 0. The van der Waals surface area contributed by atoms with Crippen LogP contribution in [0.3, 0.4) is 0 Å². The first-order valence-corrected chi connectivity index (χ1v) is 8.13. The van der Waals surface area contributed by atoms with Crippen molar-refractivity contribution in [3.63, 3.8) is 0 Å². The van der Waals surface area contributed by atoms with Crippen molar-refractivity contribution < 1.29 is 14.2 Å². The molecule has 0 saturated carbocycles. The number of ether oxygens (including phenoxy) is 3. The summed E-state index contributed by atoms with van der Waals surface area (Å²) >= 11 is 0. The van der Waals surface area contributed by atoms with Gasteiger partial charge < -0.3 is 14.2 Å². The van der Waals surface area contributed by atoms with E-state index in [0.29, 0.717) is 13.2 Å². The fourth-order valence-electron chi connectivity index (χ4n) is 2.07. The highest BCUT2D eigenvalue weighted by atomic mass is 16.7. The number of hydrogen-bond acceptors (Lipinski definition) is 3. The normalized spacial score (nSPS) is 14.9. The van der Waals surface area contributed by atoms with Crippen LogP contribution < -0.4 is 0 Å². The van der Waals surface area contributed by atoms with Crippen molar-refractivity contribution >= 4 is 0 Å². The lowest BCUT2D eigenvalue weighted by atomic mass is 9.98. The Kier molecular flexibility index (Phi) is 10.1. The smallest absolute Gasteiger partial charge is 0.177 e. The van der Waals surface area contributed by atoms with E-state index in [1.807, 2.05) is 39.8 Å². The SMILES string of the molecule is C=C(CC)OC(C)(C)CC(C)=CC(OCC)OCC(C)=CC. The van der Waals surface area contributed by atoms with Gasteiger partial charge in [-0.3, -0.25) is 0 Å². The highest BCUT2D eigenvalue weighted by molar-refractivity contribution is 5.05. The summed E-state index contributed by atoms with van der Waals surface area (Å²) < 4.78 is 17.3. The minimum absolute atomic E-state index is 0.274. The molecule has 0 spiro atoms. The molecule has 22 heavy (non-hydrogen) atoms. The van der Waals surface area contributed by atoms with Crippen LogP contribution in [0.4, 0.5) is 0 Å². The van der Waals surface area contributed by atoms with Gasteiger partial charge in [0.1, 0.15) is 5.60 Å². The number of rotatable bonds is 11. The van der Waals surface area contributed by atoms with Gasteiger partial charge in [0.2, 0.25) is 0 Å². The Balaban J connectivity index is 4.69. The average molecular weight is 310 g/mol. The standard InChI is InChI=1S/C19H34O3/c1-9-15(4)14-21-18(20-11-3)12-16(5)13-19(7,8)22-17(6)10-2/h9,12,18H,6,10-11,13-14H2,1-5,7-8H3. The maximum atomic E-state index is 5.89. The summed E-state index contributed by atoms with van der Waals surface area (Å²) in [4.78, 5) is 0. The Bertz CT molecular complexity index is 391. The quantitative estimate of drug-likeness (QED) is 0.291. The molecular formula is C19H34O3. The van der Waals surface area contributed by atoms with Gasteiger partial charge in [-0.2, -0.15) is 0 Å². The minimum Gasteiger partial charge on any atom is -0.493 e. The molecule has 0 heterocycles. The van der Waals surface area contributed by atoms with E-state index in [9.17, 15) is 0 Å². The van der Waals surface area contributed by atoms with Crippen LogP contribution >= 0.6 is 0 Å². The maximum absolute atomic E-state index is 5.89. The number of allylic oxidation sites excluding steroid dienone is 2. The fraction of sp³-hybridized carbons (Fsp3) is 0.684. The predicted octanol–water partition coefficient (Wildman–Crippen LogP) is 5.39. The van der Waals surface area contributed by atoms with E-state index in [-0.39, 0.29) is 11.9 Å². The molecule has 0 aromatic heterocycles. The van der Waals surface area contributed by atoms with Crippen molar-refractivity contribution in [1.82, 2.24) is 0 Å². The minimum atomic E-state index is -0.315. The highest BCUT2D eigenvalue weighted by Crippen LogP contribution is 2.24. The second-order valence-electron chi connectivity index (χ2n) is 6.21. The van der Waals surface area contributed by atoms with Gasteiger partial charge in [-0.1, -0.05) is 30.7 Å². The first kappa shape index (κ1) is 20.9. The van der Waals surface area contributed by atoms with Crippen molar-refractivity contribution in [3.05, 3.63) is 35.6 Å². The van der Waals surface area contributed by atoms with Crippen LogP contribution in [0.1, 0.15) is 61.3 Å². The van der Waals surface area contributed by atoms with E-state index in [2.05, 4.69) is 27.4 Å². The van der Waals surface area contributed by atoms with Gasteiger partial charge in [0.25, 0.3) is 0 Å². The van der Waals surface area contributed by atoms with Crippen molar-refractivity contribution in [2.75, 3.05) is 13.2 Å². The Hall–Kier alpha value is -1.06. The molecule has 0 fully saturated rings. The highest BCUT2D eigenvalue weighted by Gasteiger charge is 2.21. The summed E-state index contributed by atoms with van der Waals surface area (Å²) in [5.41, 5.74) is 2.10. The first-order valence-electron chi connectivity index (χ1n) is 8.13. The second kappa shape index (κ2) is 10.6. The van der Waals surface area contributed by atoms with Gasteiger partial charge >= 0.3 is 0 Å². The van der Waals surface area contributed by atoms with Crippen LogP contribution in [0.25, 0.3) is 0 Å². The van der Waals surface area contributed by atoms with Crippen LogP contribution in [-0.4, -0.2) is 25.1 Å². The molecule has 0 aliphatic heterocycles. The van der Waals surface area contributed by atoms with Gasteiger partial charge in [-0.05, 0) is 47.6 Å². The third kappa shape index (κ3) is 9.80. The van der Waals surface area contributed by atoms with Crippen molar-refractivity contribution in [3.8, 4) is 0 Å². The van der Waals surface area contributed by atoms with E-state index in [4.69, 9.17) is 14.2 Å². The molecule has 1 unspecified atom stereocenters. The van der Waals surface area contributed by atoms with Crippen LogP contribution in [-0.2, 0) is 14.2 Å². The van der Waals surface area contributed by atoms with Crippen LogP contribution in [0.5, 0.6) is 0 Å². The van der Waals surface area contributed by atoms with Crippen LogP contribution in [0.2, 0.25) is 0 Å². The summed E-state index contributed by atoms with van der Waals surface area (Å²) in [7, 11) is 0. The largest absolute Gasteiger partial charge is 0.493 e. The molecule has 0 amide bonds. The summed E-state index contributed by atoms with van der Waals surface area (Å²) in [5, 5.41) is 0. The van der Waals surface area contributed by atoms with Crippen molar-refractivity contribution in [2.45, 2.75) is 73.2 Å². The van der Waals surface area contributed by atoms with Gasteiger partial charge in [0, 0.05) is 19.4 Å². The van der Waals surface area contributed by atoms with E-state index in [1.54, 1.807) is 0 Å². The predicted molar refractivity (Wildman–Crippen MR) is 93.8 cm³/mol. The first-order chi connectivity index (χ1) is 10.2. The molecule has 0 radical (unpaired) electrons. The third-order valence-electron chi connectivity index (χ3n) is 3.24. The van der Waals surface area contributed by atoms with Crippen LogP contribution in [0.15, 0.2) is 35.6 Å². The summed E-state index contributed by atoms with van der Waals surface area (Å²) in [6.07, 6.45) is 5.41. The summed E-state index contributed by atoms with van der Waals surface area (Å²) in [6, 6.07) is 0. The average Bonchev–Trinajstić information content (AvgIpc) is 2.43. The van der Waals surface area contributed by atoms with Gasteiger partial charge in [-0.15, -0.1) is 0 Å². The van der Waals surface area contributed by atoms with Crippen molar-refractivity contribution in [2.24, 2.45) is 0 Å². The molecule has 128 valence electrons. The van der Waals surface area contributed by atoms with E-state index >= 15 is 0 Å². The van der Waals surface area contributed by atoms with E-state index < -0.39 is 0 Å². The lowest BCUT2D eigenvalue weighted by Gasteiger charge is -2.28. The third-order valence-corrected chi connectivity index (χ3v) is 3.24. The topological polar surface area (TPSA) is 27.7 Å². The summed E-state index contributed by atoms with van der Waals surface area (Å²) in [5.74, 6) is 0.819. The summed E-state index contributed by atoms with van der Waals surface area (Å²) in [6.45, 7) is 19.4. The van der Waals surface area contributed by atoms with Crippen molar-refractivity contribution in [1.29, 1.82) is 0 Å². The molecule has 0 aromatic rings. The lowest BCUT2D eigenvalue weighted by molar-refractivity contribution is -0.101.